The van der Waals surface area contributed by atoms with E-state index in [2.05, 4.69) is 10.4 Å². The van der Waals surface area contributed by atoms with Crippen molar-refractivity contribution in [1.82, 2.24) is 14.3 Å². The molecular formula is C19H20N4O2S. The Labute approximate surface area is 156 Å². The number of anilines is 1. The third kappa shape index (κ3) is 3.89. The maximum absolute atomic E-state index is 11.3. The fraction of sp³-hybridized carbons (Fsp3) is 0.211. The topological polar surface area (TPSA) is 72.1 Å². The van der Waals surface area contributed by atoms with E-state index < -0.39 is 6.10 Å². The smallest absolute Gasteiger partial charge is 0.221 e. The highest BCUT2D eigenvalue weighted by molar-refractivity contribution is 7.71. The van der Waals surface area contributed by atoms with Crippen molar-refractivity contribution in [1.29, 1.82) is 0 Å². The number of carbonyl (C=O) groups is 1. The first-order valence-electron chi connectivity index (χ1n) is 8.23. The Hall–Kier alpha value is -2.77. The summed E-state index contributed by atoms with van der Waals surface area (Å²) < 4.78 is 3.92. The average molecular weight is 368 g/mol. The maximum Gasteiger partial charge on any atom is 0.221 e. The Morgan fingerprint density at radius 2 is 1.96 bits per heavy atom. The van der Waals surface area contributed by atoms with Crippen molar-refractivity contribution in [3.8, 4) is 5.69 Å². The van der Waals surface area contributed by atoms with E-state index in [1.165, 1.54) is 6.92 Å². The Morgan fingerprint density at radius 1 is 1.23 bits per heavy atom. The largest absolute Gasteiger partial charge is 0.386 e. The average Bonchev–Trinajstić information content (AvgIpc) is 2.89. The molecule has 1 aromatic heterocycles. The van der Waals surface area contributed by atoms with E-state index in [9.17, 15) is 9.90 Å². The van der Waals surface area contributed by atoms with Gasteiger partial charge < -0.3 is 10.4 Å². The molecule has 3 rings (SSSR count). The van der Waals surface area contributed by atoms with Crippen LogP contribution in [0.25, 0.3) is 5.69 Å². The van der Waals surface area contributed by atoms with Gasteiger partial charge in [0.15, 0.2) is 0 Å². The first kappa shape index (κ1) is 18.0. The number of aliphatic hydroxyl groups is 1. The summed E-state index contributed by atoms with van der Waals surface area (Å²) in [5, 5.41) is 17.7. The summed E-state index contributed by atoms with van der Waals surface area (Å²) in [6, 6.07) is 16.8. The molecule has 1 heterocycles. The number of hydrogen-bond donors (Lipinski definition) is 2. The number of amides is 1. The van der Waals surface area contributed by atoms with Gasteiger partial charge in [0.2, 0.25) is 10.7 Å². The molecule has 2 N–H and O–H groups in total. The van der Waals surface area contributed by atoms with Gasteiger partial charge in [-0.05, 0) is 42.9 Å². The number of aliphatic hydroxyl groups excluding tert-OH is 1. The summed E-state index contributed by atoms with van der Waals surface area (Å²) in [6.45, 7) is 3.58. The summed E-state index contributed by atoms with van der Waals surface area (Å²) in [5.41, 5.74) is 2.31. The van der Waals surface area contributed by atoms with E-state index in [0.717, 1.165) is 11.3 Å². The van der Waals surface area contributed by atoms with Gasteiger partial charge in [0, 0.05) is 12.6 Å². The first-order valence-corrected chi connectivity index (χ1v) is 8.64. The van der Waals surface area contributed by atoms with Crippen LogP contribution < -0.4 is 5.32 Å². The van der Waals surface area contributed by atoms with Crippen molar-refractivity contribution in [2.24, 2.45) is 0 Å². The van der Waals surface area contributed by atoms with E-state index in [1.54, 1.807) is 4.68 Å². The lowest BCUT2D eigenvalue weighted by atomic mass is 10.1. The fourth-order valence-electron chi connectivity index (χ4n) is 2.80. The second kappa shape index (κ2) is 7.63. The standard InChI is InChI=1S/C19H20N4O2S/c1-13-21-22(12-18(25)15-7-4-3-5-8-15)19(26)23(13)17-10-6-9-16(11-17)20-14(2)24/h3-11,18,25H,12H2,1-2H3,(H,20,24). The molecule has 7 heteroatoms. The minimum absolute atomic E-state index is 0.135. The van der Waals surface area contributed by atoms with Gasteiger partial charge in [0.05, 0.1) is 18.3 Å². The molecule has 2 aromatic carbocycles. The van der Waals surface area contributed by atoms with Crippen molar-refractivity contribution in [2.45, 2.75) is 26.5 Å². The van der Waals surface area contributed by atoms with Crippen LogP contribution in [0.1, 0.15) is 24.4 Å². The predicted octanol–water partition coefficient (Wildman–Crippen LogP) is 3.40. The lowest BCUT2D eigenvalue weighted by molar-refractivity contribution is -0.114. The molecular weight excluding hydrogens is 348 g/mol. The Balaban J connectivity index is 1.91. The van der Waals surface area contributed by atoms with Crippen LogP contribution in [-0.4, -0.2) is 25.4 Å². The third-order valence-corrected chi connectivity index (χ3v) is 4.35. The zero-order valence-electron chi connectivity index (χ0n) is 14.6. The quantitative estimate of drug-likeness (QED) is 0.677. The lowest BCUT2D eigenvalue weighted by Gasteiger charge is -2.11. The van der Waals surface area contributed by atoms with E-state index in [-0.39, 0.29) is 12.5 Å². The van der Waals surface area contributed by atoms with Crippen molar-refractivity contribution >= 4 is 23.8 Å². The molecule has 0 radical (unpaired) electrons. The van der Waals surface area contributed by atoms with Crippen LogP contribution in [0, 0.1) is 11.7 Å². The number of hydrogen-bond acceptors (Lipinski definition) is 4. The number of nitrogens with one attached hydrogen (secondary N) is 1. The van der Waals surface area contributed by atoms with Crippen LogP contribution in [0.3, 0.4) is 0 Å². The summed E-state index contributed by atoms with van der Waals surface area (Å²) in [4.78, 5) is 11.3. The molecule has 1 unspecified atom stereocenters. The molecule has 0 aliphatic carbocycles. The highest BCUT2D eigenvalue weighted by atomic mass is 32.1. The van der Waals surface area contributed by atoms with Crippen LogP contribution in [0.5, 0.6) is 0 Å². The molecule has 0 bridgehead atoms. The van der Waals surface area contributed by atoms with Gasteiger partial charge in [-0.25, -0.2) is 4.68 Å². The van der Waals surface area contributed by atoms with Crippen molar-refractivity contribution in [3.05, 3.63) is 70.8 Å². The van der Waals surface area contributed by atoms with E-state index in [1.807, 2.05) is 66.1 Å². The van der Waals surface area contributed by atoms with Crippen LogP contribution in [0.2, 0.25) is 0 Å². The lowest BCUT2D eigenvalue weighted by Crippen LogP contribution is -2.10. The van der Waals surface area contributed by atoms with Crippen LogP contribution in [-0.2, 0) is 11.3 Å². The molecule has 1 amide bonds. The van der Waals surface area contributed by atoms with Crippen LogP contribution in [0.15, 0.2) is 54.6 Å². The van der Waals surface area contributed by atoms with Gasteiger partial charge in [0.25, 0.3) is 0 Å². The molecule has 0 spiro atoms. The summed E-state index contributed by atoms with van der Waals surface area (Å²) in [5.74, 6) is 0.569. The monoisotopic (exact) mass is 368 g/mol. The number of aromatic nitrogens is 3. The molecule has 0 saturated carbocycles. The molecule has 6 nitrogen and oxygen atoms in total. The zero-order valence-corrected chi connectivity index (χ0v) is 15.4. The molecule has 0 aliphatic rings. The van der Waals surface area contributed by atoms with Gasteiger partial charge in [0.1, 0.15) is 5.82 Å². The highest BCUT2D eigenvalue weighted by Crippen LogP contribution is 2.19. The molecule has 0 aliphatic heterocycles. The van der Waals surface area contributed by atoms with E-state index in [4.69, 9.17) is 12.2 Å². The molecule has 134 valence electrons. The minimum atomic E-state index is -0.698. The second-order valence-electron chi connectivity index (χ2n) is 6.01. The molecule has 26 heavy (non-hydrogen) atoms. The van der Waals surface area contributed by atoms with Crippen molar-refractivity contribution < 1.29 is 9.90 Å². The molecule has 0 saturated heterocycles. The van der Waals surface area contributed by atoms with E-state index in [0.29, 0.717) is 16.3 Å². The number of aryl methyl sites for hydroxylation is 1. The summed E-state index contributed by atoms with van der Waals surface area (Å²) in [6.07, 6.45) is -0.698. The van der Waals surface area contributed by atoms with Gasteiger partial charge in [-0.3, -0.25) is 9.36 Å². The van der Waals surface area contributed by atoms with Crippen molar-refractivity contribution in [2.75, 3.05) is 5.32 Å². The molecule has 1 atom stereocenters. The Bertz CT molecular complexity index is 979. The number of benzene rings is 2. The molecule has 0 fully saturated rings. The summed E-state index contributed by atoms with van der Waals surface area (Å²) >= 11 is 5.56. The predicted molar refractivity (Wildman–Crippen MR) is 103 cm³/mol. The van der Waals surface area contributed by atoms with Gasteiger partial charge >= 0.3 is 0 Å². The third-order valence-electron chi connectivity index (χ3n) is 3.96. The second-order valence-corrected chi connectivity index (χ2v) is 6.37. The zero-order chi connectivity index (χ0) is 18.7. The highest BCUT2D eigenvalue weighted by Gasteiger charge is 2.14. The Kier molecular flexibility index (Phi) is 5.29. The van der Waals surface area contributed by atoms with E-state index >= 15 is 0 Å². The normalized spacial score (nSPS) is 12.0. The van der Waals surface area contributed by atoms with Gasteiger partial charge in [-0.15, -0.1) is 0 Å². The first-order chi connectivity index (χ1) is 12.5. The fourth-order valence-corrected chi connectivity index (χ4v) is 3.16. The number of nitrogens with zero attached hydrogens (tertiary/aromatic N) is 3. The van der Waals surface area contributed by atoms with Gasteiger partial charge in [-0.2, -0.15) is 5.10 Å². The van der Waals surface area contributed by atoms with Crippen molar-refractivity contribution in [3.63, 3.8) is 0 Å². The molecule has 3 aromatic rings. The van der Waals surface area contributed by atoms with Crippen LogP contribution in [0.4, 0.5) is 5.69 Å². The van der Waals surface area contributed by atoms with Crippen LogP contribution >= 0.6 is 12.2 Å². The number of rotatable bonds is 5. The van der Waals surface area contributed by atoms with Gasteiger partial charge in [-0.1, -0.05) is 36.4 Å². The maximum atomic E-state index is 11.3. The minimum Gasteiger partial charge on any atom is -0.386 e. The SMILES string of the molecule is CC(=O)Nc1cccc(-n2c(C)nn(CC(O)c3ccccc3)c2=S)c1. The Morgan fingerprint density at radius 3 is 2.65 bits per heavy atom. The summed E-state index contributed by atoms with van der Waals surface area (Å²) in [7, 11) is 0. The number of carbonyl (C=O) groups excluding carboxylic acids is 1.